The molecule has 0 aromatic heterocycles. The van der Waals surface area contributed by atoms with Crippen molar-refractivity contribution in [2.45, 2.75) is 6.42 Å². The van der Waals surface area contributed by atoms with E-state index in [0.717, 1.165) is 15.3 Å². The molecule has 0 atom stereocenters. The van der Waals surface area contributed by atoms with Crippen LogP contribution in [0.15, 0.2) is 47.9 Å². The van der Waals surface area contributed by atoms with E-state index in [1.165, 1.54) is 12.2 Å². The second kappa shape index (κ2) is 5.18. The van der Waals surface area contributed by atoms with Gasteiger partial charge < -0.3 is 0 Å². The van der Waals surface area contributed by atoms with E-state index in [4.69, 9.17) is 0 Å². The molecule has 0 aliphatic carbocycles. The minimum Gasteiger partial charge on any atom is -0.269 e. The Kier molecular flexibility index (Phi) is 3.62. The second-order valence-electron chi connectivity index (χ2n) is 3.86. The molecule has 1 amide bonds. The molecule has 1 heterocycles. The standard InChI is InChI=1S/C13H13NO3S/c15-13-8-4-5-10-14(13)18(16,17)11-9-12-6-2-1-3-7-12/h1-4,6-9,11H,5,10H2/b11-9+. The Morgan fingerprint density at radius 2 is 1.89 bits per heavy atom. The van der Waals surface area contributed by atoms with Crippen molar-refractivity contribution in [1.82, 2.24) is 4.31 Å². The first-order valence-corrected chi connectivity index (χ1v) is 7.06. The molecule has 1 aliphatic rings. The molecule has 0 radical (unpaired) electrons. The lowest BCUT2D eigenvalue weighted by Gasteiger charge is -2.20. The van der Waals surface area contributed by atoms with E-state index in [0.29, 0.717) is 6.42 Å². The Morgan fingerprint density at radius 1 is 1.17 bits per heavy atom. The average molecular weight is 263 g/mol. The number of rotatable bonds is 3. The number of benzene rings is 1. The highest BCUT2D eigenvalue weighted by molar-refractivity contribution is 7.92. The molecular weight excluding hydrogens is 250 g/mol. The van der Waals surface area contributed by atoms with E-state index in [2.05, 4.69) is 0 Å². The first-order valence-electron chi connectivity index (χ1n) is 5.56. The second-order valence-corrected chi connectivity index (χ2v) is 5.60. The lowest BCUT2D eigenvalue weighted by Crippen LogP contribution is -2.36. The molecule has 5 heteroatoms. The van der Waals surface area contributed by atoms with Crippen LogP contribution in [0.5, 0.6) is 0 Å². The number of nitrogens with zero attached hydrogens (tertiary/aromatic N) is 1. The third-order valence-corrected chi connectivity index (χ3v) is 4.00. The van der Waals surface area contributed by atoms with Gasteiger partial charge in [-0.25, -0.2) is 12.7 Å². The summed E-state index contributed by atoms with van der Waals surface area (Å²) in [6.07, 6.45) is 5.01. The molecule has 1 aromatic carbocycles. The predicted octanol–water partition coefficient (Wildman–Crippen LogP) is 1.78. The normalized spacial score (nSPS) is 16.4. The molecule has 18 heavy (non-hydrogen) atoms. The summed E-state index contributed by atoms with van der Waals surface area (Å²) in [5, 5.41) is 1.07. The smallest absolute Gasteiger partial charge is 0.259 e. The Hall–Kier alpha value is -1.88. The fraction of sp³-hybridized carbons (Fsp3) is 0.154. The lowest BCUT2D eigenvalue weighted by molar-refractivity contribution is -0.121. The maximum Gasteiger partial charge on any atom is 0.259 e. The zero-order chi connectivity index (χ0) is 13.0. The number of amides is 1. The Balaban J connectivity index is 2.20. The van der Waals surface area contributed by atoms with E-state index in [-0.39, 0.29) is 6.54 Å². The number of hydrogen-bond acceptors (Lipinski definition) is 3. The van der Waals surface area contributed by atoms with E-state index < -0.39 is 15.9 Å². The fourth-order valence-corrected chi connectivity index (χ4v) is 2.77. The van der Waals surface area contributed by atoms with Crippen LogP contribution >= 0.6 is 0 Å². The minimum absolute atomic E-state index is 0.205. The Bertz CT molecular complexity index is 588. The number of sulfonamides is 1. The highest BCUT2D eigenvalue weighted by Crippen LogP contribution is 2.12. The van der Waals surface area contributed by atoms with Crippen LogP contribution in [0.4, 0.5) is 0 Å². The van der Waals surface area contributed by atoms with Crippen LogP contribution in [0, 0.1) is 0 Å². The minimum atomic E-state index is -3.68. The highest BCUT2D eigenvalue weighted by Gasteiger charge is 2.24. The summed E-state index contributed by atoms with van der Waals surface area (Å²) in [4.78, 5) is 11.5. The zero-order valence-electron chi connectivity index (χ0n) is 9.69. The van der Waals surface area contributed by atoms with Crippen LogP contribution < -0.4 is 0 Å². The fourth-order valence-electron chi connectivity index (χ4n) is 1.62. The Morgan fingerprint density at radius 3 is 2.56 bits per heavy atom. The average Bonchev–Trinajstić information content (AvgIpc) is 2.38. The monoisotopic (exact) mass is 263 g/mol. The molecule has 0 fully saturated rings. The van der Waals surface area contributed by atoms with Gasteiger partial charge in [-0.05, 0) is 18.1 Å². The van der Waals surface area contributed by atoms with Gasteiger partial charge in [0.1, 0.15) is 0 Å². The van der Waals surface area contributed by atoms with Gasteiger partial charge in [0.25, 0.3) is 15.9 Å². The largest absolute Gasteiger partial charge is 0.269 e. The van der Waals surface area contributed by atoms with Crippen molar-refractivity contribution in [2.24, 2.45) is 0 Å². The highest BCUT2D eigenvalue weighted by atomic mass is 32.2. The number of hydrogen-bond donors (Lipinski definition) is 0. The van der Waals surface area contributed by atoms with Crippen LogP contribution in [0.25, 0.3) is 6.08 Å². The molecule has 0 saturated heterocycles. The predicted molar refractivity (Wildman–Crippen MR) is 69.9 cm³/mol. The van der Waals surface area contributed by atoms with Crippen LogP contribution in [0.3, 0.4) is 0 Å². The van der Waals surface area contributed by atoms with Gasteiger partial charge in [-0.1, -0.05) is 36.4 Å². The van der Waals surface area contributed by atoms with E-state index in [1.807, 2.05) is 18.2 Å². The molecule has 94 valence electrons. The maximum absolute atomic E-state index is 12.0. The quantitative estimate of drug-likeness (QED) is 0.835. The van der Waals surface area contributed by atoms with Gasteiger partial charge in [0.2, 0.25) is 0 Å². The van der Waals surface area contributed by atoms with Gasteiger partial charge >= 0.3 is 0 Å². The van der Waals surface area contributed by atoms with Gasteiger partial charge in [0.05, 0.1) is 5.41 Å². The summed E-state index contributed by atoms with van der Waals surface area (Å²) in [7, 11) is -3.68. The van der Waals surface area contributed by atoms with Crippen LogP contribution in [0.1, 0.15) is 12.0 Å². The molecule has 0 spiro atoms. The van der Waals surface area contributed by atoms with Crippen molar-refractivity contribution in [3.05, 3.63) is 53.5 Å². The molecule has 0 N–H and O–H groups in total. The van der Waals surface area contributed by atoms with Crippen molar-refractivity contribution in [2.75, 3.05) is 6.54 Å². The summed E-state index contributed by atoms with van der Waals surface area (Å²) in [6.45, 7) is 0.205. The van der Waals surface area contributed by atoms with Gasteiger partial charge in [-0.15, -0.1) is 0 Å². The molecule has 4 nitrogen and oxygen atoms in total. The third kappa shape index (κ3) is 2.87. The summed E-state index contributed by atoms with van der Waals surface area (Å²) in [5.74, 6) is -0.487. The van der Waals surface area contributed by atoms with Crippen molar-refractivity contribution in [3.8, 4) is 0 Å². The van der Waals surface area contributed by atoms with E-state index in [1.54, 1.807) is 18.2 Å². The first-order chi connectivity index (χ1) is 8.59. The summed E-state index contributed by atoms with van der Waals surface area (Å²) in [6, 6.07) is 9.08. The van der Waals surface area contributed by atoms with Crippen LogP contribution in [0.2, 0.25) is 0 Å². The molecule has 0 saturated carbocycles. The molecule has 1 aromatic rings. The van der Waals surface area contributed by atoms with E-state index in [9.17, 15) is 13.2 Å². The van der Waals surface area contributed by atoms with Gasteiger partial charge in [-0.3, -0.25) is 4.79 Å². The lowest BCUT2D eigenvalue weighted by atomic mass is 10.2. The SMILES string of the molecule is O=C1C=CCCN1S(=O)(=O)/C=C/c1ccccc1. The van der Waals surface area contributed by atoms with Crippen molar-refractivity contribution < 1.29 is 13.2 Å². The van der Waals surface area contributed by atoms with Crippen LogP contribution in [-0.4, -0.2) is 25.2 Å². The van der Waals surface area contributed by atoms with Gasteiger partial charge in [0.15, 0.2) is 0 Å². The zero-order valence-corrected chi connectivity index (χ0v) is 10.5. The molecular formula is C13H13NO3S. The maximum atomic E-state index is 12.0. The van der Waals surface area contributed by atoms with Crippen molar-refractivity contribution in [1.29, 1.82) is 0 Å². The molecule has 1 aliphatic heterocycles. The molecule has 0 unspecified atom stereocenters. The molecule has 2 rings (SSSR count). The Labute approximate surface area is 106 Å². The number of carbonyl (C=O) groups is 1. The first kappa shape index (κ1) is 12.6. The van der Waals surface area contributed by atoms with Crippen molar-refractivity contribution >= 4 is 22.0 Å². The van der Waals surface area contributed by atoms with Crippen LogP contribution in [-0.2, 0) is 14.8 Å². The summed E-state index contributed by atoms with van der Waals surface area (Å²) >= 11 is 0. The van der Waals surface area contributed by atoms with Gasteiger partial charge in [-0.2, -0.15) is 0 Å². The molecule has 0 bridgehead atoms. The summed E-state index contributed by atoms with van der Waals surface area (Å²) < 4.78 is 24.8. The summed E-state index contributed by atoms with van der Waals surface area (Å²) in [5.41, 5.74) is 0.779. The third-order valence-electron chi connectivity index (χ3n) is 2.54. The number of carbonyl (C=O) groups excluding carboxylic acids is 1. The van der Waals surface area contributed by atoms with Gasteiger partial charge in [0, 0.05) is 12.6 Å². The topological polar surface area (TPSA) is 54.5 Å². The van der Waals surface area contributed by atoms with E-state index >= 15 is 0 Å². The van der Waals surface area contributed by atoms with Crippen molar-refractivity contribution in [3.63, 3.8) is 0 Å².